The fourth-order valence-corrected chi connectivity index (χ4v) is 2.31. The number of aryl methyl sites for hydroxylation is 2. The van der Waals surface area contributed by atoms with E-state index in [1.807, 2.05) is 30.5 Å². The Kier molecular flexibility index (Phi) is 3.47. The first-order chi connectivity index (χ1) is 8.91. The van der Waals surface area contributed by atoms with Crippen molar-refractivity contribution in [2.75, 3.05) is 0 Å². The summed E-state index contributed by atoms with van der Waals surface area (Å²) in [6, 6.07) is 9.89. The molecular weight excluding hydrogens is 238 g/mol. The first-order valence-corrected chi connectivity index (χ1v) is 6.44. The maximum atomic E-state index is 11.3. The van der Waals surface area contributed by atoms with Gasteiger partial charge in [0.15, 0.2) is 0 Å². The lowest BCUT2D eigenvalue weighted by molar-refractivity contribution is 0.0683. The van der Waals surface area contributed by atoms with Crippen LogP contribution in [0.5, 0.6) is 0 Å². The molecule has 0 saturated carbocycles. The molecule has 0 amide bonds. The minimum Gasteiger partial charge on any atom is -0.477 e. The number of carbonyl (C=O) groups is 1. The number of aromatic nitrogens is 1. The molecule has 19 heavy (non-hydrogen) atoms. The van der Waals surface area contributed by atoms with Crippen molar-refractivity contribution in [3.05, 3.63) is 47.2 Å². The highest BCUT2D eigenvalue weighted by Gasteiger charge is 2.17. The average molecular weight is 257 g/mol. The van der Waals surface area contributed by atoms with Crippen molar-refractivity contribution in [3.63, 3.8) is 0 Å². The van der Waals surface area contributed by atoms with Gasteiger partial charge in [0.2, 0.25) is 0 Å². The first kappa shape index (κ1) is 13.4. The summed E-state index contributed by atoms with van der Waals surface area (Å²) in [7, 11) is 0. The highest BCUT2D eigenvalue weighted by atomic mass is 16.4. The number of hydrogen-bond donors (Lipinski definition) is 1. The largest absolute Gasteiger partial charge is 0.477 e. The van der Waals surface area contributed by atoms with Crippen LogP contribution in [-0.4, -0.2) is 15.6 Å². The Balaban J connectivity index is 2.62. The van der Waals surface area contributed by atoms with Crippen LogP contribution in [0.2, 0.25) is 0 Å². The quantitative estimate of drug-likeness (QED) is 0.901. The third-order valence-electron chi connectivity index (χ3n) is 3.46. The molecule has 0 radical (unpaired) electrons. The smallest absolute Gasteiger partial charge is 0.352 e. The molecule has 1 N–H and O–H groups in total. The topological polar surface area (TPSA) is 42.2 Å². The standard InChI is InChI=1S/C16H19NO2/c1-10(2)17-14(7-8-15(17)16(18)19)13-6-5-11(3)12(4)9-13/h5-10H,1-4H3,(H,18,19). The third-order valence-corrected chi connectivity index (χ3v) is 3.46. The molecule has 0 saturated heterocycles. The van der Waals surface area contributed by atoms with Gasteiger partial charge in [0.05, 0.1) is 0 Å². The average Bonchev–Trinajstić information content (AvgIpc) is 2.77. The maximum Gasteiger partial charge on any atom is 0.352 e. The Morgan fingerprint density at radius 2 is 1.79 bits per heavy atom. The van der Waals surface area contributed by atoms with Gasteiger partial charge in [-0.3, -0.25) is 0 Å². The Morgan fingerprint density at radius 1 is 1.11 bits per heavy atom. The van der Waals surface area contributed by atoms with Gasteiger partial charge in [0.1, 0.15) is 5.69 Å². The molecule has 0 spiro atoms. The maximum absolute atomic E-state index is 11.3. The number of carboxylic acids is 1. The number of nitrogens with zero attached hydrogens (tertiary/aromatic N) is 1. The molecule has 0 atom stereocenters. The Morgan fingerprint density at radius 3 is 2.32 bits per heavy atom. The second-order valence-corrected chi connectivity index (χ2v) is 5.17. The number of carboxylic acid groups (broad SMARTS) is 1. The second kappa shape index (κ2) is 4.92. The molecule has 0 bridgehead atoms. The van der Waals surface area contributed by atoms with Crippen LogP contribution in [-0.2, 0) is 0 Å². The summed E-state index contributed by atoms with van der Waals surface area (Å²) in [5.41, 5.74) is 4.80. The summed E-state index contributed by atoms with van der Waals surface area (Å²) in [6.45, 7) is 8.14. The van der Waals surface area contributed by atoms with Gasteiger partial charge in [-0.15, -0.1) is 0 Å². The van der Waals surface area contributed by atoms with Gasteiger partial charge < -0.3 is 9.67 Å². The summed E-state index contributed by atoms with van der Waals surface area (Å²) >= 11 is 0. The summed E-state index contributed by atoms with van der Waals surface area (Å²) in [6.07, 6.45) is 0. The van der Waals surface area contributed by atoms with Gasteiger partial charge in [-0.25, -0.2) is 4.79 Å². The van der Waals surface area contributed by atoms with Crippen molar-refractivity contribution < 1.29 is 9.90 Å². The molecule has 0 fully saturated rings. The Labute approximate surface area is 113 Å². The van der Waals surface area contributed by atoms with Crippen molar-refractivity contribution in [2.45, 2.75) is 33.7 Å². The molecule has 0 unspecified atom stereocenters. The van der Waals surface area contributed by atoms with Gasteiger partial charge in [-0.1, -0.05) is 12.1 Å². The van der Waals surface area contributed by atoms with Crippen molar-refractivity contribution in [3.8, 4) is 11.3 Å². The van der Waals surface area contributed by atoms with Crippen LogP contribution in [0.15, 0.2) is 30.3 Å². The van der Waals surface area contributed by atoms with E-state index >= 15 is 0 Å². The van der Waals surface area contributed by atoms with Crippen LogP contribution >= 0.6 is 0 Å². The Bertz CT molecular complexity index is 624. The molecule has 2 aromatic rings. The zero-order valence-electron chi connectivity index (χ0n) is 11.8. The number of benzene rings is 1. The molecule has 1 aromatic heterocycles. The summed E-state index contributed by atoms with van der Waals surface area (Å²) in [5, 5.41) is 9.25. The fourth-order valence-electron chi connectivity index (χ4n) is 2.31. The summed E-state index contributed by atoms with van der Waals surface area (Å²) < 4.78 is 1.87. The van der Waals surface area contributed by atoms with Crippen LogP contribution in [0, 0.1) is 13.8 Å². The fraction of sp³-hybridized carbons (Fsp3) is 0.312. The van der Waals surface area contributed by atoms with E-state index in [-0.39, 0.29) is 6.04 Å². The van der Waals surface area contributed by atoms with Gasteiger partial charge in [0, 0.05) is 11.7 Å². The molecule has 0 aliphatic rings. The molecule has 3 heteroatoms. The van der Waals surface area contributed by atoms with E-state index in [4.69, 9.17) is 0 Å². The van der Waals surface area contributed by atoms with Crippen LogP contribution < -0.4 is 0 Å². The van der Waals surface area contributed by atoms with Gasteiger partial charge in [-0.2, -0.15) is 0 Å². The predicted molar refractivity (Wildman–Crippen MR) is 76.7 cm³/mol. The van der Waals surface area contributed by atoms with E-state index in [2.05, 4.69) is 26.0 Å². The van der Waals surface area contributed by atoms with Crippen LogP contribution in [0.4, 0.5) is 0 Å². The van der Waals surface area contributed by atoms with Crippen LogP contribution in [0.25, 0.3) is 11.3 Å². The van der Waals surface area contributed by atoms with E-state index in [1.165, 1.54) is 11.1 Å². The van der Waals surface area contributed by atoms with E-state index in [0.29, 0.717) is 5.69 Å². The molecule has 0 aliphatic heterocycles. The lowest BCUT2D eigenvalue weighted by Crippen LogP contribution is -2.11. The normalized spacial score (nSPS) is 11.0. The molecule has 1 aromatic carbocycles. The number of hydrogen-bond acceptors (Lipinski definition) is 1. The number of aromatic carboxylic acids is 1. The molecule has 0 aliphatic carbocycles. The van der Waals surface area contributed by atoms with Crippen molar-refractivity contribution >= 4 is 5.97 Å². The lowest BCUT2D eigenvalue weighted by atomic mass is 10.0. The minimum atomic E-state index is -0.885. The van der Waals surface area contributed by atoms with E-state index in [0.717, 1.165) is 11.3 Å². The molecular formula is C16H19NO2. The highest BCUT2D eigenvalue weighted by molar-refractivity contribution is 5.87. The van der Waals surface area contributed by atoms with Crippen molar-refractivity contribution in [1.29, 1.82) is 0 Å². The van der Waals surface area contributed by atoms with E-state index in [9.17, 15) is 9.90 Å². The predicted octanol–water partition coefficient (Wildman–Crippen LogP) is 4.05. The first-order valence-electron chi connectivity index (χ1n) is 6.44. The molecule has 3 nitrogen and oxygen atoms in total. The SMILES string of the molecule is Cc1ccc(-c2ccc(C(=O)O)n2C(C)C)cc1C. The summed E-state index contributed by atoms with van der Waals surface area (Å²) in [5.74, 6) is -0.885. The van der Waals surface area contributed by atoms with Crippen molar-refractivity contribution in [1.82, 2.24) is 4.57 Å². The Hall–Kier alpha value is -2.03. The van der Waals surface area contributed by atoms with Gasteiger partial charge in [0.25, 0.3) is 0 Å². The molecule has 2 rings (SSSR count). The van der Waals surface area contributed by atoms with Crippen LogP contribution in [0.3, 0.4) is 0 Å². The van der Waals surface area contributed by atoms with Crippen LogP contribution in [0.1, 0.15) is 41.5 Å². The zero-order valence-corrected chi connectivity index (χ0v) is 11.8. The monoisotopic (exact) mass is 257 g/mol. The van der Waals surface area contributed by atoms with Crippen molar-refractivity contribution in [2.24, 2.45) is 0 Å². The van der Waals surface area contributed by atoms with E-state index < -0.39 is 5.97 Å². The van der Waals surface area contributed by atoms with Gasteiger partial charge in [-0.05, 0) is 62.6 Å². The number of rotatable bonds is 3. The molecule has 1 heterocycles. The minimum absolute atomic E-state index is 0.109. The third kappa shape index (κ3) is 2.41. The highest BCUT2D eigenvalue weighted by Crippen LogP contribution is 2.28. The second-order valence-electron chi connectivity index (χ2n) is 5.17. The zero-order chi connectivity index (χ0) is 14.2. The van der Waals surface area contributed by atoms with Gasteiger partial charge >= 0.3 is 5.97 Å². The molecule has 100 valence electrons. The lowest BCUT2D eigenvalue weighted by Gasteiger charge is -2.16. The van der Waals surface area contributed by atoms with E-state index in [1.54, 1.807) is 6.07 Å². The summed E-state index contributed by atoms with van der Waals surface area (Å²) in [4.78, 5) is 11.3.